The van der Waals surface area contributed by atoms with Crippen LogP contribution in [-0.2, 0) is 9.47 Å². The minimum Gasteiger partial charge on any atom is -0.494 e. The molecule has 3 heterocycles. The maximum Gasteiger partial charge on any atom is 0.239 e. The number of fused-ring (bicyclic) bond motifs is 1. The highest BCUT2D eigenvalue weighted by Gasteiger charge is 2.23. The molecular formula is C25H27FN2O3. The van der Waals surface area contributed by atoms with Gasteiger partial charge < -0.3 is 24.1 Å². The lowest BCUT2D eigenvalue weighted by Crippen LogP contribution is -2.33. The van der Waals surface area contributed by atoms with E-state index in [9.17, 15) is 4.39 Å². The first-order chi connectivity index (χ1) is 15.3. The van der Waals surface area contributed by atoms with Gasteiger partial charge in [0.15, 0.2) is 0 Å². The molecule has 3 aromatic rings. The van der Waals surface area contributed by atoms with Crippen molar-refractivity contribution < 1.29 is 18.6 Å². The highest BCUT2D eigenvalue weighted by atomic mass is 19.1. The number of anilines is 1. The Labute approximate surface area is 181 Å². The van der Waals surface area contributed by atoms with Crippen LogP contribution in [0.4, 0.5) is 10.1 Å². The van der Waals surface area contributed by atoms with Gasteiger partial charge in [-0.1, -0.05) is 12.1 Å². The van der Waals surface area contributed by atoms with Gasteiger partial charge >= 0.3 is 0 Å². The van der Waals surface area contributed by atoms with Gasteiger partial charge in [-0.05, 0) is 61.1 Å². The van der Waals surface area contributed by atoms with Crippen molar-refractivity contribution in [1.82, 2.24) is 4.98 Å². The topological polar surface area (TPSA) is 46.7 Å². The number of aromatic amines is 1. The standard InChI is InChI=1S/C25H27FN2O3/c26-22-7-8-23(25-21(22)9-12-27-25)28-13-10-19(11-14-28)18-3-5-20(6-4-18)29-15-1-2-24-30-16-17-31-24/h3-9,12,16-17,19,24,27H,1-2,10-11,13-15H2. The van der Waals surface area contributed by atoms with Crippen molar-refractivity contribution >= 4 is 16.6 Å². The molecule has 0 atom stereocenters. The van der Waals surface area contributed by atoms with Crippen LogP contribution in [0.3, 0.4) is 0 Å². The molecule has 0 unspecified atom stereocenters. The van der Waals surface area contributed by atoms with Crippen molar-refractivity contribution in [3.8, 4) is 5.75 Å². The Morgan fingerprint density at radius 2 is 1.77 bits per heavy atom. The van der Waals surface area contributed by atoms with Gasteiger partial charge in [-0.3, -0.25) is 0 Å². The molecule has 2 aliphatic heterocycles. The van der Waals surface area contributed by atoms with Gasteiger partial charge in [0.05, 0.1) is 17.8 Å². The predicted octanol–water partition coefficient (Wildman–Crippen LogP) is 5.69. The number of benzene rings is 2. The summed E-state index contributed by atoms with van der Waals surface area (Å²) in [6, 6.07) is 13.8. The first-order valence-corrected chi connectivity index (χ1v) is 11.0. The van der Waals surface area contributed by atoms with Crippen molar-refractivity contribution in [2.45, 2.75) is 37.9 Å². The minimum absolute atomic E-state index is 0.167. The largest absolute Gasteiger partial charge is 0.494 e. The molecule has 5 rings (SSSR count). The predicted molar refractivity (Wildman–Crippen MR) is 119 cm³/mol. The van der Waals surface area contributed by atoms with Crippen molar-refractivity contribution in [2.75, 3.05) is 24.6 Å². The Balaban J connectivity index is 1.12. The number of ether oxygens (including phenoxy) is 3. The Kier molecular flexibility index (Phi) is 5.69. The molecule has 1 N–H and O–H groups in total. The van der Waals surface area contributed by atoms with Crippen LogP contribution in [0, 0.1) is 5.82 Å². The van der Waals surface area contributed by atoms with Crippen LogP contribution >= 0.6 is 0 Å². The number of nitrogens with zero attached hydrogens (tertiary/aromatic N) is 1. The summed E-state index contributed by atoms with van der Waals surface area (Å²) in [6.45, 7) is 2.57. The highest BCUT2D eigenvalue weighted by molar-refractivity contribution is 5.92. The van der Waals surface area contributed by atoms with Crippen LogP contribution < -0.4 is 9.64 Å². The SMILES string of the molecule is Fc1ccc(N2CCC(c3ccc(OCCCC4OC=CO4)cc3)CC2)c2[nH]ccc12. The third kappa shape index (κ3) is 4.33. The van der Waals surface area contributed by atoms with Gasteiger partial charge in [0.2, 0.25) is 6.29 Å². The zero-order valence-corrected chi connectivity index (χ0v) is 17.4. The van der Waals surface area contributed by atoms with Crippen LogP contribution in [0.1, 0.15) is 37.2 Å². The lowest BCUT2D eigenvalue weighted by molar-refractivity contribution is -0.0310. The number of halogens is 1. The van der Waals surface area contributed by atoms with Gasteiger partial charge in [-0.2, -0.15) is 0 Å². The molecule has 162 valence electrons. The number of nitrogens with one attached hydrogen (secondary N) is 1. The van der Waals surface area contributed by atoms with E-state index in [0.29, 0.717) is 17.9 Å². The summed E-state index contributed by atoms with van der Waals surface area (Å²) < 4.78 is 30.4. The summed E-state index contributed by atoms with van der Waals surface area (Å²) in [4.78, 5) is 5.56. The molecular weight excluding hydrogens is 395 g/mol. The van der Waals surface area contributed by atoms with E-state index in [4.69, 9.17) is 14.2 Å². The van der Waals surface area contributed by atoms with E-state index < -0.39 is 0 Å². The lowest BCUT2D eigenvalue weighted by atomic mass is 9.89. The van der Waals surface area contributed by atoms with Crippen molar-refractivity contribution in [3.63, 3.8) is 0 Å². The molecule has 0 spiro atoms. The normalized spacial score (nSPS) is 17.1. The second-order valence-electron chi connectivity index (χ2n) is 8.13. The van der Waals surface area contributed by atoms with E-state index in [1.54, 1.807) is 30.9 Å². The molecule has 2 aliphatic rings. The summed E-state index contributed by atoms with van der Waals surface area (Å²) in [5.41, 5.74) is 3.34. The van der Waals surface area contributed by atoms with Gasteiger partial charge in [-0.25, -0.2) is 4.39 Å². The highest BCUT2D eigenvalue weighted by Crippen LogP contribution is 2.34. The molecule has 1 aromatic heterocycles. The number of hydrogen-bond acceptors (Lipinski definition) is 4. The van der Waals surface area contributed by atoms with Crippen LogP contribution in [0.5, 0.6) is 5.75 Å². The molecule has 0 saturated carbocycles. The zero-order valence-electron chi connectivity index (χ0n) is 17.4. The first kappa shape index (κ1) is 19.8. The summed E-state index contributed by atoms with van der Waals surface area (Å²) in [6.07, 6.45) is 8.64. The van der Waals surface area contributed by atoms with E-state index >= 15 is 0 Å². The van der Waals surface area contributed by atoms with E-state index in [1.807, 2.05) is 6.07 Å². The third-order valence-electron chi connectivity index (χ3n) is 6.20. The van der Waals surface area contributed by atoms with Crippen molar-refractivity contribution in [2.24, 2.45) is 0 Å². The second-order valence-corrected chi connectivity index (χ2v) is 8.13. The average Bonchev–Trinajstić information content (AvgIpc) is 3.51. The molecule has 2 aromatic carbocycles. The van der Waals surface area contributed by atoms with Crippen LogP contribution in [0.2, 0.25) is 0 Å². The monoisotopic (exact) mass is 422 g/mol. The van der Waals surface area contributed by atoms with Gasteiger partial charge in [0.1, 0.15) is 24.1 Å². The molecule has 0 bridgehead atoms. The molecule has 0 amide bonds. The van der Waals surface area contributed by atoms with E-state index in [-0.39, 0.29) is 12.1 Å². The molecule has 1 saturated heterocycles. The Bertz CT molecular complexity index is 1030. The molecule has 6 heteroatoms. The average molecular weight is 423 g/mol. The third-order valence-corrected chi connectivity index (χ3v) is 6.20. The molecule has 0 aliphatic carbocycles. The summed E-state index contributed by atoms with van der Waals surface area (Å²) >= 11 is 0. The number of aromatic nitrogens is 1. The minimum atomic E-state index is -0.172. The molecule has 5 nitrogen and oxygen atoms in total. The Hall–Kier alpha value is -3.15. The molecule has 1 fully saturated rings. The zero-order chi connectivity index (χ0) is 21.0. The fourth-order valence-corrected chi connectivity index (χ4v) is 4.51. The number of piperidine rings is 1. The van der Waals surface area contributed by atoms with Crippen LogP contribution in [0.25, 0.3) is 10.9 Å². The first-order valence-electron chi connectivity index (χ1n) is 11.0. The number of rotatable bonds is 7. The smallest absolute Gasteiger partial charge is 0.239 e. The van der Waals surface area contributed by atoms with E-state index in [0.717, 1.165) is 55.7 Å². The number of hydrogen-bond donors (Lipinski definition) is 1. The quantitative estimate of drug-likeness (QED) is 0.497. The molecule has 0 radical (unpaired) electrons. The maximum atomic E-state index is 14.0. The van der Waals surface area contributed by atoms with E-state index in [2.05, 4.69) is 34.1 Å². The Morgan fingerprint density at radius 3 is 2.55 bits per heavy atom. The second kappa shape index (κ2) is 8.92. The lowest BCUT2D eigenvalue weighted by Gasteiger charge is -2.34. The van der Waals surface area contributed by atoms with Crippen molar-refractivity contribution in [1.29, 1.82) is 0 Å². The summed E-state index contributed by atoms with van der Waals surface area (Å²) in [5.74, 6) is 1.26. The number of H-pyrrole nitrogens is 1. The fraction of sp³-hybridized carbons (Fsp3) is 0.360. The van der Waals surface area contributed by atoms with Gasteiger partial charge in [0, 0.05) is 31.1 Å². The maximum absolute atomic E-state index is 14.0. The van der Waals surface area contributed by atoms with E-state index in [1.165, 1.54) is 5.56 Å². The van der Waals surface area contributed by atoms with Gasteiger partial charge in [-0.15, -0.1) is 0 Å². The fourth-order valence-electron chi connectivity index (χ4n) is 4.51. The van der Waals surface area contributed by atoms with Crippen LogP contribution in [0.15, 0.2) is 61.2 Å². The van der Waals surface area contributed by atoms with Gasteiger partial charge in [0.25, 0.3) is 0 Å². The van der Waals surface area contributed by atoms with Crippen LogP contribution in [-0.4, -0.2) is 31.0 Å². The van der Waals surface area contributed by atoms with Crippen molar-refractivity contribution in [3.05, 3.63) is 72.6 Å². The Morgan fingerprint density at radius 1 is 1.00 bits per heavy atom. The summed E-state index contributed by atoms with van der Waals surface area (Å²) in [5, 5.41) is 0.662. The molecule has 31 heavy (non-hydrogen) atoms. The summed E-state index contributed by atoms with van der Waals surface area (Å²) in [7, 11) is 0.